The van der Waals surface area contributed by atoms with Gasteiger partial charge in [0.2, 0.25) is 0 Å². The van der Waals surface area contributed by atoms with Gasteiger partial charge in [0.15, 0.2) is 0 Å². The molecule has 1 fully saturated rings. The zero-order chi connectivity index (χ0) is 13.7. The maximum atomic E-state index is 10.6. The number of aliphatic hydroxyl groups excluding tert-OH is 1. The molecule has 0 saturated heterocycles. The number of benzene rings is 1. The second-order valence-corrected chi connectivity index (χ2v) is 6.17. The lowest BCUT2D eigenvalue weighted by Crippen LogP contribution is -2.12. The van der Waals surface area contributed by atoms with E-state index in [9.17, 15) is 5.11 Å². The van der Waals surface area contributed by atoms with Gasteiger partial charge in [-0.2, -0.15) is 0 Å². The molecule has 1 N–H and O–H groups in total. The number of ether oxygens (including phenoxy) is 1. The SMILES string of the molecule is CCOc1ccc(C(O)C2CCCCCC2)c(Br)c1. The Morgan fingerprint density at radius 1 is 1.26 bits per heavy atom. The second kappa shape index (κ2) is 7.30. The summed E-state index contributed by atoms with van der Waals surface area (Å²) in [5.74, 6) is 1.25. The van der Waals surface area contributed by atoms with Gasteiger partial charge in [0, 0.05) is 4.47 Å². The van der Waals surface area contributed by atoms with Crippen molar-refractivity contribution in [3.8, 4) is 5.75 Å². The molecule has 0 aliphatic heterocycles. The van der Waals surface area contributed by atoms with E-state index in [2.05, 4.69) is 15.9 Å². The van der Waals surface area contributed by atoms with Gasteiger partial charge in [-0.15, -0.1) is 0 Å². The molecule has 0 bridgehead atoms. The van der Waals surface area contributed by atoms with Crippen LogP contribution < -0.4 is 4.74 Å². The number of aliphatic hydroxyl groups is 1. The minimum atomic E-state index is -0.358. The van der Waals surface area contributed by atoms with Gasteiger partial charge in [-0.3, -0.25) is 0 Å². The van der Waals surface area contributed by atoms with Crippen LogP contribution in [0, 0.1) is 5.92 Å². The highest BCUT2D eigenvalue weighted by atomic mass is 79.9. The highest BCUT2D eigenvalue weighted by Gasteiger charge is 2.23. The fraction of sp³-hybridized carbons (Fsp3) is 0.625. The van der Waals surface area contributed by atoms with E-state index in [1.54, 1.807) is 0 Å². The predicted octanol–water partition coefficient (Wildman–Crippen LogP) is 4.85. The Bertz CT molecular complexity index is 398. The van der Waals surface area contributed by atoms with Crippen LogP contribution in [-0.4, -0.2) is 11.7 Å². The molecule has 0 aromatic heterocycles. The summed E-state index contributed by atoms with van der Waals surface area (Å²) >= 11 is 3.56. The van der Waals surface area contributed by atoms with Crippen molar-refractivity contribution in [1.29, 1.82) is 0 Å². The van der Waals surface area contributed by atoms with E-state index in [0.717, 1.165) is 28.6 Å². The summed E-state index contributed by atoms with van der Waals surface area (Å²) in [6.45, 7) is 2.64. The standard InChI is InChI=1S/C16H23BrO2/c1-2-19-13-9-10-14(15(17)11-13)16(18)12-7-5-3-4-6-8-12/h9-12,16,18H,2-8H2,1H3. The molecule has 1 aromatic carbocycles. The summed E-state index contributed by atoms with van der Waals surface area (Å²) in [7, 11) is 0. The van der Waals surface area contributed by atoms with Crippen molar-refractivity contribution in [2.45, 2.75) is 51.6 Å². The Morgan fingerprint density at radius 2 is 1.95 bits per heavy atom. The molecule has 3 heteroatoms. The molecule has 1 unspecified atom stereocenters. The molecule has 1 saturated carbocycles. The molecular formula is C16H23BrO2. The molecule has 0 spiro atoms. The third-order valence-corrected chi connectivity index (χ3v) is 4.63. The average Bonchev–Trinajstić information content (AvgIpc) is 2.67. The number of rotatable bonds is 4. The van der Waals surface area contributed by atoms with Crippen molar-refractivity contribution in [1.82, 2.24) is 0 Å². The summed E-state index contributed by atoms with van der Waals surface area (Å²) in [4.78, 5) is 0. The lowest BCUT2D eigenvalue weighted by molar-refractivity contribution is 0.0981. The van der Waals surface area contributed by atoms with Crippen LogP contribution in [0.4, 0.5) is 0 Å². The Hall–Kier alpha value is -0.540. The van der Waals surface area contributed by atoms with Crippen molar-refractivity contribution >= 4 is 15.9 Å². The summed E-state index contributed by atoms with van der Waals surface area (Å²) < 4.78 is 6.43. The number of hydrogen-bond acceptors (Lipinski definition) is 2. The Balaban J connectivity index is 2.11. The van der Waals surface area contributed by atoms with Gasteiger partial charge >= 0.3 is 0 Å². The first kappa shape index (κ1) is 14.9. The van der Waals surface area contributed by atoms with E-state index in [4.69, 9.17) is 4.74 Å². The third kappa shape index (κ3) is 3.96. The lowest BCUT2D eigenvalue weighted by atomic mass is 9.89. The van der Waals surface area contributed by atoms with Crippen molar-refractivity contribution < 1.29 is 9.84 Å². The van der Waals surface area contributed by atoms with Gasteiger partial charge in [-0.25, -0.2) is 0 Å². The quantitative estimate of drug-likeness (QED) is 0.801. The van der Waals surface area contributed by atoms with Crippen molar-refractivity contribution in [2.24, 2.45) is 5.92 Å². The molecule has 0 heterocycles. The zero-order valence-corrected chi connectivity index (χ0v) is 13.2. The number of halogens is 1. The second-order valence-electron chi connectivity index (χ2n) is 5.31. The molecule has 2 nitrogen and oxygen atoms in total. The Morgan fingerprint density at radius 3 is 2.53 bits per heavy atom. The molecule has 1 aromatic rings. The molecule has 0 radical (unpaired) electrons. The highest BCUT2D eigenvalue weighted by molar-refractivity contribution is 9.10. The van der Waals surface area contributed by atoms with Crippen LogP contribution in [0.1, 0.15) is 57.1 Å². The Labute approximate surface area is 124 Å². The topological polar surface area (TPSA) is 29.5 Å². The molecule has 1 aliphatic rings. The first-order valence-electron chi connectivity index (χ1n) is 7.32. The molecule has 19 heavy (non-hydrogen) atoms. The van der Waals surface area contributed by atoms with Gasteiger partial charge in [0.05, 0.1) is 12.7 Å². The predicted molar refractivity (Wildman–Crippen MR) is 81.5 cm³/mol. The molecule has 2 rings (SSSR count). The average molecular weight is 327 g/mol. The maximum Gasteiger partial charge on any atom is 0.120 e. The molecule has 0 amide bonds. The first-order chi connectivity index (χ1) is 9.22. The largest absolute Gasteiger partial charge is 0.494 e. The van der Waals surface area contributed by atoms with Gasteiger partial charge in [-0.1, -0.05) is 47.7 Å². The summed E-state index contributed by atoms with van der Waals surface area (Å²) in [5, 5.41) is 10.6. The van der Waals surface area contributed by atoms with E-state index in [0.29, 0.717) is 12.5 Å². The smallest absolute Gasteiger partial charge is 0.120 e. The summed E-state index contributed by atoms with van der Waals surface area (Å²) in [6.07, 6.45) is 7.04. The van der Waals surface area contributed by atoms with Crippen LogP contribution in [0.2, 0.25) is 0 Å². The van der Waals surface area contributed by atoms with Gasteiger partial charge in [0.25, 0.3) is 0 Å². The van der Waals surface area contributed by atoms with Gasteiger partial charge in [-0.05, 0) is 43.4 Å². The molecular weight excluding hydrogens is 304 g/mol. The highest BCUT2D eigenvalue weighted by Crippen LogP contribution is 2.37. The molecule has 1 atom stereocenters. The maximum absolute atomic E-state index is 10.6. The van der Waals surface area contributed by atoms with E-state index in [-0.39, 0.29) is 6.10 Å². The first-order valence-corrected chi connectivity index (χ1v) is 8.12. The third-order valence-electron chi connectivity index (χ3n) is 3.95. The van der Waals surface area contributed by atoms with Gasteiger partial charge in [0.1, 0.15) is 5.75 Å². The number of hydrogen-bond donors (Lipinski definition) is 1. The van der Waals surface area contributed by atoms with Crippen LogP contribution in [-0.2, 0) is 0 Å². The van der Waals surface area contributed by atoms with E-state index in [1.807, 2.05) is 25.1 Å². The Kier molecular flexibility index (Phi) is 5.71. The van der Waals surface area contributed by atoms with Crippen LogP contribution >= 0.6 is 15.9 Å². The monoisotopic (exact) mass is 326 g/mol. The minimum absolute atomic E-state index is 0.358. The fourth-order valence-corrected chi connectivity index (χ4v) is 3.48. The fourth-order valence-electron chi connectivity index (χ4n) is 2.88. The summed E-state index contributed by atoms with van der Waals surface area (Å²) in [6, 6.07) is 5.90. The minimum Gasteiger partial charge on any atom is -0.494 e. The normalized spacial score (nSPS) is 18.9. The van der Waals surface area contributed by atoms with Crippen molar-refractivity contribution in [2.75, 3.05) is 6.61 Å². The van der Waals surface area contributed by atoms with Crippen molar-refractivity contribution in [3.05, 3.63) is 28.2 Å². The zero-order valence-electron chi connectivity index (χ0n) is 11.6. The van der Waals surface area contributed by atoms with E-state index in [1.165, 1.54) is 25.7 Å². The van der Waals surface area contributed by atoms with Crippen LogP contribution in [0.15, 0.2) is 22.7 Å². The van der Waals surface area contributed by atoms with Crippen LogP contribution in [0.25, 0.3) is 0 Å². The van der Waals surface area contributed by atoms with E-state index < -0.39 is 0 Å². The van der Waals surface area contributed by atoms with Gasteiger partial charge < -0.3 is 9.84 Å². The lowest BCUT2D eigenvalue weighted by Gasteiger charge is -2.23. The molecule has 1 aliphatic carbocycles. The van der Waals surface area contributed by atoms with Crippen molar-refractivity contribution in [3.63, 3.8) is 0 Å². The molecule has 106 valence electrons. The summed E-state index contributed by atoms with van der Waals surface area (Å²) in [5.41, 5.74) is 0.996. The van der Waals surface area contributed by atoms with Crippen LogP contribution in [0.3, 0.4) is 0 Å². The van der Waals surface area contributed by atoms with E-state index >= 15 is 0 Å². The van der Waals surface area contributed by atoms with Crippen LogP contribution in [0.5, 0.6) is 5.75 Å².